The quantitative estimate of drug-likeness (QED) is 0.743. The van der Waals surface area contributed by atoms with Gasteiger partial charge in [-0.15, -0.1) is 0 Å². The minimum Gasteiger partial charge on any atom is -0.330 e. The number of rotatable bonds is 7. The molecule has 0 bridgehead atoms. The Bertz CT molecular complexity index is 292. The lowest BCUT2D eigenvalue weighted by atomic mass is 9.72. The highest BCUT2D eigenvalue weighted by Crippen LogP contribution is 2.36. The van der Waals surface area contributed by atoms with Crippen LogP contribution in [0.1, 0.15) is 79.1 Å². The predicted molar refractivity (Wildman–Crippen MR) is 86.6 cm³/mol. The lowest BCUT2D eigenvalue weighted by Crippen LogP contribution is -2.29. The van der Waals surface area contributed by atoms with E-state index in [0.29, 0.717) is 23.5 Å². The summed E-state index contributed by atoms with van der Waals surface area (Å²) < 4.78 is 0. The van der Waals surface area contributed by atoms with Crippen LogP contribution >= 0.6 is 0 Å². The van der Waals surface area contributed by atoms with Crippen LogP contribution < -0.4 is 5.73 Å². The maximum absolute atomic E-state index is 12.6. The van der Waals surface area contributed by atoms with Crippen molar-refractivity contribution in [2.24, 2.45) is 28.9 Å². The Morgan fingerprint density at radius 2 is 1.85 bits per heavy atom. The summed E-state index contributed by atoms with van der Waals surface area (Å²) in [7, 11) is 0. The molecule has 0 aromatic carbocycles. The minimum atomic E-state index is 0.260. The number of nitrogens with two attached hydrogens (primary N) is 1. The van der Waals surface area contributed by atoms with Gasteiger partial charge in [-0.2, -0.15) is 0 Å². The SMILES string of the molecule is CCC1CCCCC1C(=O)CCC(CCN)C(C)(C)C. The fourth-order valence-corrected chi connectivity index (χ4v) is 3.83. The molecular weight excluding hydrogens is 246 g/mol. The van der Waals surface area contributed by atoms with E-state index in [0.717, 1.165) is 32.2 Å². The number of ketones is 1. The molecule has 2 N–H and O–H groups in total. The molecular formula is C18H35NO. The summed E-state index contributed by atoms with van der Waals surface area (Å²) in [5.41, 5.74) is 5.99. The maximum atomic E-state index is 12.6. The largest absolute Gasteiger partial charge is 0.330 e. The van der Waals surface area contributed by atoms with Gasteiger partial charge in [-0.1, -0.05) is 47.0 Å². The number of Topliss-reactive ketones (excluding diaryl/α,β-unsaturated/α-hetero) is 1. The molecule has 0 saturated heterocycles. The molecule has 20 heavy (non-hydrogen) atoms. The zero-order valence-corrected chi connectivity index (χ0v) is 14.1. The van der Waals surface area contributed by atoms with Crippen LogP contribution in [0.25, 0.3) is 0 Å². The second-order valence-electron chi connectivity index (χ2n) is 7.70. The molecule has 3 unspecified atom stereocenters. The predicted octanol–water partition coefficient (Wildman–Crippen LogP) is 4.56. The van der Waals surface area contributed by atoms with Gasteiger partial charge in [0.1, 0.15) is 5.78 Å². The van der Waals surface area contributed by atoms with E-state index in [2.05, 4.69) is 27.7 Å². The molecule has 0 aromatic rings. The average Bonchev–Trinajstić information content (AvgIpc) is 2.41. The highest BCUT2D eigenvalue weighted by atomic mass is 16.1. The molecule has 2 heteroatoms. The third-order valence-corrected chi connectivity index (χ3v) is 5.33. The van der Waals surface area contributed by atoms with Crippen molar-refractivity contribution < 1.29 is 4.79 Å². The third kappa shape index (κ3) is 5.20. The van der Waals surface area contributed by atoms with Gasteiger partial charge in [0, 0.05) is 12.3 Å². The van der Waals surface area contributed by atoms with E-state index in [9.17, 15) is 4.79 Å². The maximum Gasteiger partial charge on any atom is 0.136 e. The van der Waals surface area contributed by atoms with E-state index < -0.39 is 0 Å². The van der Waals surface area contributed by atoms with Gasteiger partial charge in [-0.3, -0.25) is 4.79 Å². The summed E-state index contributed by atoms with van der Waals surface area (Å²) in [6.07, 6.45) is 8.96. The van der Waals surface area contributed by atoms with Crippen LogP contribution in [0.5, 0.6) is 0 Å². The van der Waals surface area contributed by atoms with E-state index >= 15 is 0 Å². The Morgan fingerprint density at radius 1 is 1.20 bits per heavy atom. The molecule has 0 heterocycles. The van der Waals surface area contributed by atoms with E-state index in [1.165, 1.54) is 25.7 Å². The van der Waals surface area contributed by atoms with Gasteiger partial charge in [0.25, 0.3) is 0 Å². The van der Waals surface area contributed by atoms with Gasteiger partial charge < -0.3 is 5.73 Å². The Morgan fingerprint density at radius 3 is 2.40 bits per heavy atom. The Hall–Kier alpha value is -0.370. The molecule has 1 fully saturated rings. The number of hydrogen-bond acceptors (Lipinski definition) is 2. The highest BCUT2D eigenvalue weighted by molar-refractivity contribution is 5.81. The molecule has 2 nitrogen and oxygen atoms in total. The zero-order valence-electron chi connectivity index (χ0n) is 14.1. The molecule has 0 spiro atoms. The van der Waals surface area contributed by atoms with Gasteiger partial charge >= 0.3 is 0 Å². The molecule has 0 aliphatic heterocycles. The van der Waals surface area contributed by atoms with Crippen molar-refractivity contribution >= 4 is 5.78 Å². The Labute approximate surface area is 125 Å². The van der Waals surface area contributed by atoms with E-state index in [1.54, 1.807) is 0 Å². The van der Waals surface area contributed by atoms with Crippen molar-refractivity contribution in [2.75, 3.05) is 6.54 Å². The lowest BCUT2D eigenvalue weighted by molar-refractivity contribution is -0.126. The van der Waals surface area contributed by atoms with Gasteiger partial charge in [0.2, 0.25) is 0 Å². The highest BCUT2D eigenvalue weighted by Gasteiger charge is 2.31. The van der Waals surface area contributed by atoms with Crippen molar-refractivity contribution in [3.05, 3.63) is 0 Å². The van der Waals surface area contributed by atoms with Crippen LogP contribution in [0.15, 0.2) is 0 Å². The third-order valence-electron chi connectivity index (χ3n) is 5.33. The average molecular weight is 281 g/mol. The summed E-state index contributed by atoms with van der Waals surface area (Å²) in [6.45, 7) is 9.79. The Kier molecular flexibility index (Phi) is 7.22. The second kappa shape index (κ2) is 8.17. The van der Waals surface area contributed by atoms with Crippen molar-refractivity contribution in [1.82, 2.24) is 0 Å². The molecule has 1 rings (SSSR count). The van der Waals surface area contributed by atoms with E-state index in [1.807, 2.05) is 0 Å². The second-order valence-corrected chi connectivity index (χ2v) is 7.70. The molecule has 0 radical (unpaired) electrons. The summed E-state index contributed by atoms with van der Waals surface area (Å²) in [4.78, 5) is 12.6. The number of carbonyl (C=O) groups is 1. The van der Waals surface area contributed by atoms with Crippen LogP contribution in [0, 0.1) is 23.2 Å². The standard InChI is InChI=1S/C18H35NO/c1-5-14-8-6-7-9-16(14)17(20)11-10-15(12-13-19)18(2,3)4/h14-16H,5-13,19H2,1-4H3. The lowest BCUT2D eigenvalue weighted by Gasteiger charge is -2.33. The molecule has 3 atom stereocenters. The number of carbonyl (C=O) groups excluding carboxylic acids is 1. The zero-order chi connectivity index (χ0) is 15.2. The van der Waals surface area contributed by atoms with Gasteiger partial charge in [0.15, 0.2) is 0 Å². The van der Waals surface area contributed by atoms with Crippen molar-refractivity contribution in [2.45, 2.75) is 79.1 Å². The van der Waals surface area contributed by atoms with Gasteiger partial charge in [-0.25, -0.2) is 0 Å². The van der Waals surface area contributed by atoms with Crippen molar-refractivity contribution in [3.8, 4) is 0 Å². The van der Waals surface area contributed by atoms with Gasteiger partial charge in [-0.05, 0) is 49.5 Å². The first-order valence-corrected chi connectivity index (χ1v) is 8.62. The van der Waals surface area contributed by atoms with Crippen molar-refractivity contribution in [3.63, 3.8) is 0 Å². The summed E-state index contributed by atoms with van der Waals surface area (Å²) in [5.74, 6) is 2.11. The van der Waals surface area contributed by atoms with Crippen LogP contribution in [-0.4, -0.2) is 12.3 Å². The fraction of sp³-hybridized carbons (Fsp3) is 0.944. The monoisotopic (exact) mass is 281 g/mol. The van der Waals surface area contributed by atoms with Crippen molar-refractivity contribution in [1.29, 1.82) is 0 Å². The Balaban J connectivity index is 2.51. The molecule has 118 valence electrons. The summed E-state index contributed by atoms with van der Waals surface area (Å²) in [6, 6.07) is 0. The molecule has 1 saturated carbocycles. The first-order chi connectivity index (χ1) is 9.40. The van der Waals surface area contributed by atoms with Gasteiger partial charge in [0.05, 0.1) is 0 Å². The minimum absolute atomic E-state index is 0.260. The fourth-order valence-electron chi connectivity index (χ4n) is 3.83. The normalized spacial score (nSPS) is 25.4. The smallest absolute Gasteiger partial charge is 0.136 e. The van der Waals surface area contributed by atoms with Crippen LogP contribution in [0.4, 0.5) is 0 Å². The van der Waals surface area contributed by atoms with E-state index in [4.69, 9.17) is 5.73 Å². The first kappa shape index (κ1) is 17.7. The van der Waals surface area contributed by atoms with Crippen LogP contribution in [0.3, 0.4) is 0 Å². The summed E-state index contributed by atoms with van der Waals surface area (Å²) >= 11 is 0. The molecule has 0 aromatic heterocycles. The molecule has 1 aliphatic rings. The molecule has 0 amide bonds. The van der Waals surface area contributed by atoms with Crippen LogP contribution in [-0.2, 0) is 4.79 Å². The molecule has 1 aliphatic carbocycles. The topological polar surface area (TPSA) is 43.1 Å². The number of hydrogen-bond donors (Lipinski definition) is 1. The summed E-state index contributed by atoms with van der Waals surface area (Å²) in [5, 5.41) is 0. The van der Waals surface area contributed by atoms with E-state index in [-0.39, 0.29) is 5.41 Å². The van der Waals surface area contributed by atoms with Crippen LogP contribution in [0.2, 0.25) is 0 Å². The first-order valence-electron chi connectivity index (χ1n) is 8.62.